The van der Waals surface area contributed by atoms with E-state index in [1.165, 1.54) is 77.0 Å². The van der Waals surface area contributed by atoms with Crippen LogP contribution in [0.2, 0.25) is 5.04 Å². The van der Waals surface area contributed by atoms with Crippen LogP contribution in [0.3, 0.4) is 0 Å². The lowest BCUT2D eigenvalue weighted by molar-refractivity contribution is 0.350. The second-order valence-electron chi connectivity index (χ2n) is 10.6. The van der Waals surface area contributed by atoms with E-state index in [4.69, 9.17) is 5.11 Å². The van der Waals surface area contributed by atoms with E-state index in [0.29, 0.717) is 0 Å². The van der Waals surface area contributed by atoms with E-state index in [-0.39, 0.29) is 11.6 Å². The fourth-order valence-corrected chi connectivity index (χ4v) is 8.96. The second kappa shape index (κ2) is 16.7. The zero-order chi connectivity index (χ0) is 25.2. The quantitative estimate of drug-likeness (QED) is 0.142. The minimum Gasteiger partial charge on any atom is -0.424 e. The maximum Gasteiger partial charge on any atom is 0.258 e. The fraction of sp³-hybridized carbons (Fsp3) is 0.562. The Morgan fingerprint density at radius 2 is 1.00 bits per heavy atom. The topological polar surface area (TPSA) is 40.5 Å². The van der Waals surface area contributed by atoms with Crippen LogP contribution in [0.25, 0.3) is 0 Å². The molecule has 0 saturated carbocycles. The Balaban J connectivity index is 1.64. The van der Waals surface area contributed by atoms with Crippen molar-refractivity contribution in [2.75, 3.05) is 6.61 Å². The molecule has 0 heterocycles. The van der Waals surface area contributed by atoms with Crippen molar-refractivity contribution in [3.63, 3.8) is 0 Å². The van der Waals surface area contributed by atoms with Gasteiger partial charge in [0.15, 0.2) is 0 Å². The predicted molar refractivity (Wildman–Crippen MR) is 154 cm³/mol. The molecule has 0 fully saturated rings. The number of aliphatic hydroxyl groups is 1. The van der Waals surface area contributed by atoms with Crippen molar-refractivity contribution < 1.29 is 9.90 Å². The normalized spacial score (nSPS) is 11.8. The Bertz CT molecular complexity index is 812. The van der Waals surface area contributed by atoms with E-state index >= 15 is 0 Å². The predicted octanol–water partition coefficient (Wildman–Crippen LogP) is 6.98. The van der Waals surface area contributed by atoms with Crippen LogP contribution in [0.4, 0.5) is 0 Å². The van der Waals surface area contributed by atoms with Crippen LogP contribution < -0.4 is 10.4 Å². The molecule has 3 heteroatoms. The minimum absolute atomic E-state index is 0.00852. The molecule has 0 radical (unpaired) electrons. The number of benzene rings is 2. The van der Waals surface area contributed by atoms with E-state index in [1.807, 2.05) is 12.1 Å². The Morgan fingerprint density at radius 3 is 1.43 bits per heavy atom. The highest BCUT2D eigenvalue weighted by atomic mass is 28.4. The highest BCUT2D eigenvalue weighted by molar-refractivity contribution is 6.98. The summed E-state index contributed by atoms with van der Waals surface area (Å²) in [5, 5.41) is 10.7. The molecule has 2 nitrogen and oxygen atoms in total. The third-order valence-corrected chi connectivity index (χ3v) is 12.0. The van der Waals surface area contributed by atoms with Crippen LogP contribution in [-0.2, 0) is 0 Å². The summed E-state index contributed by atoms with van der Waals surface area (Å²) >= 11 is 0. The van der Waals surface area contributed by atoms with E-state index in [9.17, 15) is 4.80 Å². The lowest BCUT2D eigenvalue weighted by Crippen LogP contribution is -2.65. The van der Waals surface area contributed by atoms with E-state index in [0.717, 1.165) is 23.2 Å². The van der Waals surface area contributed by atoms with Gasteiger partial charge in [0, 0.05) is 6.42 Å². The van der Waals surface area contributed by atoms with Gasteiger partial charge in [0.1, 0.15) is 6.61 Å². The summed E-state index contributed by atoms with van der Waals surface area (Å²) in [5.74, 6) is 5.71. The van der Waals surface area contributed by atoms with Crippen molar-refractivity contribution in [1.82, 2.24) is 0 Å². The lowest BCUT2D eigenvalue weighted by Gasteiger charge is -2.41. The molecule has 0 spiro atoms. The Kier molecular flexibility index (Phi) is 14.0. The molecule has 0 bridgehead atoms. The van der Waals surface area contributed by atoms with Crippen molar-refractivity contribution in [3.8, 4) is 11.8 Å². The van der Waals surface area contributed by atoms with Gasteiger partial charge in [0.2, 0.25) is 0 Å². The van der Waals surface area contributed by atoms with Gasteiger partial charge in [-0.25, -0.2) is 0 Å². The maximum absolute atomic E-state index is 12.2. The molecule has 2 aromatic carbocycles. The van der Waals surface area contributed by atoms with Crippen molar-refractivity contribution in [3.05, 3.63) is 60.7 Å². The first kappa shape index (κ1) is 29.4. The molecule has 2 N–H and O–H groups in total. The molecule has 0 saturated heterocycles. The maximum atomic E-state index is 12.2. The summed E-state index contributed by atoms with van der Waals surface area (Å²) in [6, 6.07) is 20.8. The molecule has 192 valence electrons. The number of hydrogen-bond acceptors (Lipinski definition) is 2. The molecule has 0 unspecified atom stereocenters. The van der Waals surface area contributed by atoms with Crippen molar-refractivity contribution in [2.45, 2.75) is 109 Å². The average molecular weight is 493 g/mol. The van der Waals surface area contributed by atoms with Gasteiger partial charge in [0.25, 0.3) is 8.32 Å². The van der Waals surface area contributed by atoms with Crippen LogP contribution in [0.1, 0.15) is 104 Å². The van der Waals surface area contributed by atoms with Gasteiger partial charge in [-0.05, 0) is 28.3 Å². The molecule has 0 aromatic heterocycles. The SMILES string of the molecule is CC(C)(CCCCCCCCCCCCCCC#CCO)[Si](O)(c1ccccc1)c1ccccc1. The van der Waals surface area contributed by atoms with Crippen LogP contribution in [-0.4, -0.2) is 24.8 Å². The van der Waals surface area contributed by atoms with Crippen LogP contribution >= 0.6 is 0 Å². The monoisotopic (exact) mass is 492 g/mol. The summed E-state index contributed by atoms with van der Waals surface area (Å²) in [5.41, 5.74) is 0. The average Bonchev–Trinajstić information content (AvgIpc) is 2.89. The summed E-state index contributed by atoms with van der Waals surface area (Å²) in [4.78, 5) is 12.2. The lowest BCUT2D eigenvalue weighted by atomic mass is 10.0. The van der Waals surface area contributed by atoms with Crippen molar-refractivity contribution >= 4 is 18.7 Å². The fourth-order valence-electron chi connectivity index (χ4n) is 5.18. The largest absolute Gasteiger partial charge is 0.424 e. The summed E-state index contributed by atoms with van der Waals surface area (Å²) in [7, 11) is -2.85. The summed E-state index contributed by atoms with van der Waals surface area (Å²) in [6.45, 7) is 4.55. The Labute approximate surface area is 216 Å². The molecule has 0 aliphatic rings. The third kappa shape index (κ3) is 9.96. The highest BCUT2D eigenvalue weighted by Gasteiger charge is 2.49. The first-order valence-corrected chi connectivity index (χ1v) is 15.9. The van der Waals surface area contributed by atoms with Gasteiger partial charge in [-0.3, -0.25) is 0 Å². The minimum atomic E-state index is -2.85. The van der Waals surface area contributed by atoms with Gasteiger partial charge >= 0.3 is 0 Å². The Hall–Kier alpha value is -1.86. The van der Waals surface area contributed by atoms with Crippen LogP contribution in [0.5, 0.6) is 0 Å². The number of aliphatic hydroxyl groups excluding tert-OH is 1. The molecule has 2 aromatic rings. The van der Waals surface area contributed by atoms with Gasteiger partial charge < -0.3 is 9.90 Å². The standard InChI is InChI=1S/C32H48O2Si/c1-32(2,35(34,30-24-18-16-19-25-30)31-26-20-17-21-27-31)28-22-14-12-10-8-6-4-3-5-7-9-11-13-15-23-29-33/h16-21,24-27,33-34H,3-14,22,28-29H2,1-2H3. The smallest absolute Gasteiger partial charge is 0.258 e. The van der Waals surface area contributed by atoms with Crippen molar-refractivity contribution in [2.24, 2.45) is 0 Å². The first-order chi connectivity index (χ1) is 17.0. The van der Waals surface area contributed by atoms with Crippen LogP contribution in [0.15, 0.2) is 60.7 Å². The molecular weight excluding hydrogens is 444 g/mol. The number of hydrogen-bond donors (Lipinski definition) is 2. The molecule has 0 aliphatic carbocycles. The molecule has 2 rings (SSSR count). The first-order valence-electron chi connectivity index (χ1n) is 13.9. The third-order valence-electron chi connectivity index (χ3n) is 7.42. The summed E-state index contributed by atoms with van der Waals surface area (Å²) < 4.78 is 0. The zero-order valence-electron chi connectivity index (χ0n) is 22.3. The molecule has 0 atom stereocenters. The zero-order valence-corrected chi connectivity index (χ0v) is 23.3. The summed E-state index contributed by atoms with van der Waals surface area (Å²) in [6.07, 6.45) is 17.6. The van der Waals surface area contributed by atoms with Crippen LogP contribution in [0, 0.1) is 11.8 Å². The van der Waals surface area contributed by atoms with E-state index in [2.05, 4.69) is 74.2 Å². The second-order valence-corrected chi connectivity index (χ2v) is 14.5. The Morgan fingerprint density at radius 1 is 0.600 bits per heavy atom. The van der Waals surface area contributed by atoms with Gasteiger partial charge in [-0.2, -0.15) is 0 Å². The molecule has 0 amide bonds. The van der Waals surface area contributed by atoms with Gasteiger partial charge in [0.05, 0.1) is 0 Å². The van der Waals surface area contributed by atoms with Crippen molar-refractivity contribution in [1.29, 1.82) is 0 Å². The molecule has 35 heavy (non-hydrogen) atoms. The van der Waals surface area contributed by atoms with Gasteiger partial charge in [-0.1, -0.05) is 151 Å². The van der Waals surface area contributed by atoms with E-state index in [1.54, 1.807) is 0 Å². The molecular formula is C32H48O2Si. The highest BCUT2D eigenvalue weighted by Crippen LogP contribution is 2.40. The number of unbranched alkanes of at least 4 members (excludes halogenated alkanes) is 12. The van der Waals surface area contributed by atoms with E-state index < -0.39 is 8.32 Å². The van der Waals surface area contributed by atoms with Gasteiger partial charge in [-0.15, -0.1) is 5.92 Å². The number of rotatable bonds is 17. The molecule has 0 aliphatic heterocycles.